The SMILES string of the molecule is CCCCCCCCCCCCCCCC[N+](C)(C)CC.[Ag].[Br-].[Br-].[Br-]. The van der Waals surface area contributed by atoms with Crippen molar-refractivity contribution in [1.82, 2.24) is 0 Å². The molecule has 0 fully saturated rings. The van der Waals surface area contributed by atoms with Crippen molar-refractivity contribution in [3.05, 3.63) is 0 Å². The fourth-order valence-corrected chi connectivity index (χ4v) is 2.89. The second-order valence-electron chi connectivity index (χ2n) is 7.57. The van der Waals surface area contributed by atoms with Crippen molar-refractivity contribution >= 4 is 0 Å². The molecule has 0 atom stereocenters. The molecular formula is C20H44AgBr3N-2. The molecule has 1 radical (unpaired) electrons. The van der Waals surface area contributed by atoms with Crippen LogP contribution in [0.15, 0.2) is 0 Å². The molecule has 0 saturated heterocycles. The predicted octanol–water partition coefficient (Wildman–Crippen LogP) is -2.43. The molecule has 5 heteroatoms. The van der Waals surface area contributed by atoms with Crippen LogP contribution in [-0.2, 0) is 22.4 Å². The van der Waals surface area contributed by atoms with E-state index < -0.39 is 0 Å². The van der Waals surface area contributed by atoms with Crippen LogP contribution in [0.25, 0.3) is 0 Å². The van der Waals surface area contributed by atoms with Gasteiger partial charge in [-0.2, -0.15) is 0 Å². The molecule has 25 heavy (non-hydrogen) atoms. The van der Waals surface area contributed by atoms with Crippen molar-refractivity contribution in [2.45, 2.75) is 104 Å². The van der Waals surface area contributed by atoms with Crippen molar-refractivity contribution < 1.29 is 77.8 Å². The van der Waals surface area contributed by atoms with Crippen molar-refractivity contribution in [1.29, 1.82) is 0 Å². The first-order valence-electron chi connectivity index (χ1n) is 9.94. The van der Waals surface area contributed by atoms with Gasteiger partial charge in [-0.1, -0.05) is 84.0 Å². The summed E-state index contributed by atoms with van der Waals surface area (Å²) in [4.78, 5) is 0. The molecule has 1 nitrogen and oxygen atoms in total. The Bertz CT molecular complexity index is 217. The van der Waals surface area contributed by atoms with Crippen LogP contribution < -0.4 is 50.9 Å². The molecule has 0 unspecified atom stereocenters. The molecule has 0 saturated carbocycles. The van der Waals surface area contributed by atoms with E-state index in [2.05, 4.69) is 27.9 Å². The summed E-state index contributed by atoms with van der Waals surface area (Å²) in [5.74, 6) is 0. The number of quaternary nitrogens is 1. The summed E-state index contributed by atoms with van der Waals surface area (Å²) in [6.07, 6.45) is 20.4. The number of halogens is 3. The normalized spacial score (nSPS) is 10.1. The first kappa shape index (κ1) is 37.8. The number of hydrogen-bond donors (Lipinski definition) is 0. The smallest absolute Gasteiger partial charge is 0.0782 e. The molecule has 0 aliphatic carbocycles. The summed E-state index contributed by atoms with van der Waals surface area (Å²) < 4.78 is 1.19. The Hall–Kier alpha value is 2.14. The second-order valence-corrected chi connectivity index (χ2v) is 7.57. The molecule has 0 aromatic heterocycles. The molecule has 0 aliphatic rings. The van der Waals surface area contributed by atoms with Gasteiger partial charge in [0.05, 0.1) is 27.2 Å². The maximum Gasteiger partial charge on any atom is 0.0782 e. The molecular weight excluding hydrogens is 602 g/mol. The largest absolute Gasteiger partial charge is 1.00 e. The van der Waals surface area contributed by atoms with Gasteiger partial charge in [-0.15, -0.1) is 0 Å². The first-order chi connectivity index (χ1) is 10.1. The Morgan fingerprint density at radius 3 is 1.04 bits per heavy atom. The molecule has 163 valence electrons. The summed E-state index contributed by atoms with van der Waals surface area (Å²) >= 11 is 0. The van der Waals surface area contributed by atoms with Gasteiger partial charge in [0, 0.05) is 22.4 Å². The van der Waals surface area contributed by atoms with Crippen LogP contribution in [-0.4, -0.2) is 31.7 Å². The summed E-state index contributed by atoms with van der Waals surface area (Å²) in [5.41, 5.74) is 0. The number of rotatable bonds is 16. The van der Waals surface area contributed by atoms with Gasteiger partial charge in [0.1, 0.15) is 0 Å². The van der Waals surface area contributed by atoms with Crippen LogP contribution in [0, 0.1) is 0 Å². The summed E-state index contributed by atoms with van der Waals surface area (Å²) in [7, 11) is 4.70. The average molecular weight is 646 g/mol. The zero-order valence-electron chi connectivity index (χ0n) is 17.2. The van der Waals surface area contributed by atoms with E-state index in [0.717, 1.165) is 0 Å². The maximum absolute atomic E-state index is 2.35. The van der Waals surface area contributed by atoms with Gasteiger partial charge in [0.15, 0.2) is 0 Å². The zero-order chi connectivity index (χ0) is 15.8. The summed E-state index contributed by atoms with van der Waals surface area (Å²) in [6, 6.07) is 0. The molecule has 0 bridgehead atoms. The minimum atomic E-state index is 0. The molecule has 0 N–H and O–H groups in total. The maximum atomic E-state index is 2.35. The Morgan fingerprint density at radius 1 is 0.480 bits per heavy atom. The Kier molecular flexibility index (Phi) is 42.9. The summed E-state index contributed by atoms with van der Waals surface area (Å²) in [5, 5.41) is 0. The molecule has 0 rings (SSSR count). The minimum Gasteiger partial charge on any atom is -1.00 e. The Morgan fingerprint density at radius 2 is 0.760 bits per heavy atom. The standard InChI is InChI=1S/C20H44N.Ag.3BrH/c1-5-7-8-9-10-11-12-13-14-15-16-17-18-19-20-21(3,4)6-2;;;;/h5-20H2,1-4H3;;3*1H/q+1;;;;/p-3. The topological polar surface area (TPSA) is 0 Å². The van der Waals surface area contributed by atoms with Gasteiger partial charge in [-0.25, -0.2) is 0 Å². The third-order valence-corrected chi connectivity index (χ3v) is 4.97. The van der Waals surface area contributed by atoms with Gasteiger partial charge in [-0.05, 0) is 19.8 Å². The van der Waals surface area contributed by atoms with E-state index in [1.165, 1.54) is 107 Å². The third-order valence-electron chi connectivity index (χ3n) is 4.97. The third kappa shape index (κ3) is 31.1. The van der Waals surface area contributed by atoms with Crippen LogP contribution in [0.3, 0.4) is 0 Å². The Balaban J connectivity index is -0.000000333. The first-order valence-corrected chi connectivity index (χ1v) is 9.94. The van der Waals surface area contributed by atoms with Crippen molar-refractivity contribution in [3.63, 3.8) is 0 Å². The van der Waals surface area contributed by atoms with Crippen LogP contribution in [0.1, 0.15) is 104 Å². The second kappa shape index (κ2) is 28.4. The van der Waals surface area contributed by atoms with Gasteiger partial charge in [-0.3, -0.25) is 0 Å². The van der Waals surface area contributed by atoms with Crippen LogP contribution >= 0.6 is 0 Å². The van der Waals surface area contributed by atoms with Crippen molar-refractivity contribution in [3.8, 4) is 0 Å². The van der Waals surface area contributed by atoms with Crippen LogP contribution in [0.4, 0.5) is 0 Å². The van der Waals surface area contributed by atoms with Gasteiger partial charge in [0.2, 0.25) is 0 Å². The van der Waals surface area contributed by atoms with Crippen LogP contribution in [0.5, 0.6) is 0 Å². The van der Waals surface area contributed by atoms with E-state index in [4.69, 9.17) is 0 Å². The van der Waals surface area contributed by atoms with E-state index >= 15 is 0 Å². The van der Waals surface area contributed by atoms with Gasteiger partial charge < -0.3 is 55.4 Å². The molecule has 0 aliphatic heterocycles. The van der Waals surface area contributed by atoms with E-state index in [1.54, 1.807) is 0 Å². The van der Waals surface area contributed by atoms with E-state index in [0.29, 0.717) is 0 Å². The monoisotopic (exact) mass is 642 g/mol. The zero-order valence-corrected chi connectivity index (χ0v) is 23.4. The average Bonchev–Trinajstić information content (AvgIpc) is 2.47. The van der Waals surface area contributed by atoms with E-state index in [-0.39, 0.29) is 73.3 Å². The minimum absolute atomic E-state index is 0. The molecule has 0 heterocycles. The number of hydrogen-bond acceptors (Lipinski definition) is 0. The van der Waals surface area contributed by atoms with E-state index in [1.807, 2.05) is 0 Å². The molecule has 0 amide bonds. The van der Waals surface area contributed by atoms with Gasteiger partial charge >= 0.3 is 0 Å². The van der Waals surface area contributed by atoms with Gasteiger partial charge in [0.25, 0.3) is 0 Å². The fraction of sp³-hybridized carbons (Fsp3) is 1.00. The number of nitrogens with zero attached hydrogens (tertiary/aromatic N) is 1. The van der Waals surface area contributed by atoms with E-state index in [9.17, 15) is 0 Å². The van der Waals surface area contributed by atoms with Crippen molar-refractivity contribution in [2.75, 3.05) is 27.2 Å². The molecule has 0 spiro atoms. The fourth-order valence-electron chi connectivity index (χ4n) is 2.89. The predicted molar refractivity (Wildman–Crippen MR) is 97.8 cm³/mol. The Labute approximate surface area is 207 Å². The van der Waals surface area contributed by atoms with Crippen molar-refractivity contribution in [2.24, 2.45) is 0 Å². The molecule has 0 aromatic rings. The number of unbranched alkanes of at least 4 members (excludes halogenated alkanes) is 13. The quantitative estimate of drug-likeness (QED) is 0.0997. The molecule has 0 aromatic carbocycles. The van der Waals surface area contributed by atoms with Crippen LogP contribution in [0.2, 0.25) is 0 Å². The summed E-state index contributed by atoms with van der Waals surface area (Å²) in [6.45, 7) is 7.21.